The van der Waals surface area contributed by atoms with Gasteiger partial charge < -0.3 is 5.73 Å². The van der Waals surface area contributed by atoms with Gasteiger partial charge in [0.2, 0.25) is 5.95 Å². The summed E-state index contributed by atoms with van der Waals surface area (Å²) in [6, 6.07) is 0.783. The lowest BCUT2D eigenvalue weighted by Gasteiger charge is -2.38. The summed E-state index contributed by atoms with van der Waals surface area (Å²) in [6.07, 6.45) is 6.71. The normalized spacial score (nSPS) is 20.2. The molecule has 8 nitrogen and oxygen atoms in total. The highest BCUT2D eigenvalue weighted by Crippen LogP contribution is 2.24. The summed E-state index contributed by atoms with van der Waals surface area (Å²) in [7, 11) is 0. The molecule has 2 aliphatic rings. The third-order valence-electron chi connectivity index (χ3n) is 5.55. The summed E-state index contributed by atoms with van der Waals surface area (Å²) in [5.74, 6) is 0.0498. The molecule has 2 fully saturated rings. The number of nitrogens with zero attached hydrogens (tertiary/aromatic N) is 6. The van der Waals surface area contributed by atoms with Crippen LogP contribution in [0.25, 0.3) is 11.2 Å². The molecule has 1 aliphatic heterocycles. The van der Waals surface area contributed by atoms with Crippen LogP contribution in [0, 0.1) is 0 Å². The zero-order valence-corrected chi connectivity index (χ0v) is 15.5. The zero-order chi connectivity index (χ0) is 18.1. The van der Waals surface area contributed by atoms with Crippen molar-refractivity contribution in [1.82, 2.24) is 29.3 Å². The Labute approximate surface area is 157 Å². The van der Waals surface area contributed by atoms with Gasteiger partial charge in [0.1, 0.15) is 5.52 Å². The first-order chi connectivity index (χ1) is 12.6. The van der Waals surface area contributed by atoms with Crippen LogP contribution in [0.1, 0.15) is 25.7 Å². The second kappa shape index (κ2) is 7.46. The monoisotopic (exact) mass is 377 g/mol. The summed E-state index contributed by atoms with van der Waals surface area (Å²) < 4.78 is 1.59. The molecule has 4 rings (SSSR count). The van der Waals surface area contributed by atoms with E-state index in [0.29, 0.717) is 17.7 Å². The molecule has 0 radical (unpaired) electrons. The number of hydrogen-bond acceptors (Lipinski definition) is 7. The van der Waals surface area contributed by atoms with Crippen molar-refractivity contribution in [2.75, 3.05) is 38.5 Å². The summed E-state index contributed by atoms with van der Waals surface area (Å²) in [5, 5.41) is 0.173. The molecule has 0 amide bonds. The molecule has 1 saturated heterocycles. The Balaban J connectivity index is 1.44. The van der Waals surface area contributed by atoms with Gasteiger partial charge in [-0.1, -0.05) is 24.4 Å². The first-order valence-corrected chi connectivity index (χ1v) is 9.64. The van der Waals surface area contributed by atoms with Gasteiger partial charge in [-0.3, -0.25) is 19.2 Å². The molecule has 0 aromatic carbocycles. The Bertz CT molecular complexity index is 841. The van der Waals surface area contributed by atoms with E-state index in [-0.39, 0.29) is 16.7 Å². The van der Waals surface area contributed by atoms with E-state index in [1.165, 1.54) is 31.9 Å². The fourth-order valence-electron chi connectivity index (χ4n) is 4.10. The minimum Gasteiger partial charge on any atom is -0.368 e. The summed E-state index contributed by atoms with van der Waals surface area (Å²) in [4.78, 5) is 29.5. The van der Waals surface area contributed by atoms with Crippen LogP contribution < -0.4 is 11.3 Å². The fraction of sp³-hybridized carbons (Fsp3) is 0.647. The molecule has 1 saturated carbocycles. The van der Waals surface area contributed by atoms with Gasteiger partial charge >= 0.3 is 0 Å². The van der Waals surface area contributed by atoms with Crippen LogP contribution in [-0.4, -0.2) is 68.1 Å². The smallest absolute Gasteiger partial charge is 0.270 e. The maximum absolute atomic E-state index is 12.3. The number of anilines is 1. The lowest BCUT2D eigenvalue weighted by atomic mass is 10.2. The Hall–Kier alpha value is -1.77. The average Bonchev–Trinajstić information content (AvgIpc) is 3.16. The molecule has 2 aromatic heterocycles. The second-order valence-electron chi connectivity index (χ2n) is 7.11. The number of nitrogen functional groups attached to an aromatic ring is 1. The molecule has 3 heterocycles. The van der Waals surface area contributed by atoms with Crippen molar-refractivity contribution < 1.29 is 0 Å². The SMILES string of the molecule is Nc1nc(Cl)c2ncc(=O)n(CCN3CCN(C4CCCC4)CC3)c2n1. The van der Waals surface area contributed by atoms with Gasteiger partial charge in [-0.05, 0) is 12.8 Å². The molecule has 26 heavy (non-hydrogen) atoms. The summed E-state index contributed by atoms with van der Waals surface area (Å²) in [6.45, 7) is 5.61. The van der Waals surface area contributed by atoms with E-state index in [1.54, 1.807) is 4.57 Å². The summed E-state index contributed by atoms with van der Waals surface area (Å²) >= 11 is 6.09. The number of rotatable bonds is 4. The van der Waals surface area contributed by atoms with Crippen LogP contribution in [0.2, 0.25) is 5.15 Å². The van der Waals surface area contributed by atoms with E-state index in [4.69, 9.17) is 17.3 Å². The van der Waals surface area contributed by atoms with Gasteiger partial charge in [0, 0.05) is 45.3 Å². The second-order valence-corrected chi connectivity index (χ2v) is 7.47. The molecule has 2 N–H and O–H groups in total. The Morgan fingerprint density at radius 2 is 1.85 bits per heavy atom. The van der Waals surface area contributed by atoms with Crippen LogP contribution >= 0.6 is 11.6 Å². The molecule has 0 unspecified atom stereocenters. The molecule has 9 heteroatoms. The van der Waals surface area contributed by atoms with E-state index < -0.39 is 0 Å². The number of hydrogen-bond donors (Lipinski definition) is 1. The lowest BCUT2D eigenvalue weighted by Crippen LogP contribution is -2.50. The van der Waals surface area contributed by atoms with E-state index in [1.807, 2.05) is 0 Å². The maximum Gasteiger partial charge on any atom is 0.270 e. The zero-order valence-electron chi connectivity index (χ0n) is 14.8. The summed E-state index contributed by atoms with van der Waals surface area (Å²) in [5.41, 5.74) is 6.31. The third-order valence-corrected chi connectivity index (χ3v) is 5.82. The van der Waals surface area contributed by atoms with Crippen molar-refractivity contribution in [3.63, 3.8) is 0 Å². The van der Waals surface area contributed by atoms with Gasteiger partial charge in [-0.15, -0.1) is 0 Å². The van der Waals surface area contributed by atoms with Crippen LogP contribution in [0.15, 0.2) is 11.0 Å². The molecule has 2 aromatic rings. The van der Waals surface area contributed by atoms with E-state index >= 15 is 0 Å². The predicted molar refractivity (Wildman–Crippen MR) is 101 cm³/mol. The average molecular weight is 378 g/mol. The fourth-order valence-corrected chi connectivity index (χ4v) is 4.32. The van der Waals surface area contributed by atoms with Crippen LogP contribution in [-0.2, 0) is 6.54 Å². The minimum atomic E-state index is -0.198. The first kappa shape index (κ1) is 17.6. The number of piperazine rings is 1. The molecule has 0 bridgehead atoms. The number of aromatic nitrogens is 4. The Morgan fingerprint density at radius 1 is 1.12 bits per heavy atom. The van der Waals surface area contributed by atoms with Gasteiger partial charge in [-0.2, -0.15) is 9.97 Å². The molecule has 1 aliphatic carbocycles. The third kappa shape index (κ3) is 3.54. The lowest BCUT2D eigenvalue weighted by molar-refractivity contribution is 0.0957. The van der Waals surface area contributed by atoms with Crippen molar-refractivity contribution in [2.24, 2.45) is 0 Å². The standard InChI is InChI=1S/C17H24ClN7O/c18-15-14-16(22-17(19)21-15)25(13(26)11-20-14)10-7-23-5-8-24(9-6-23)12-3-1-2-4-12/h11-12H,1-10H2,(H2,19,21,22). The first-order valence-electron chi connectivity index (χ1n) is 9.27. The van der Waals surface area contributed by atoms with Crippen LogP contribution in [0.3, 0.4) is 0 Å². The highest BCUT2D eigenvalue weighted by atomic mass is 35.5. The van der Waals surface area contributed by atoms with Crippen molar-refractivity contribution in [3.8, 4) is 0 Å². The highest BCUT2D eigenvalue weighted by molar-refractivity contribution is 6.33. The number of fused-ring (bicyclic) bond motifs is 1. The Kier molecular flexibility index (Phi) is 5.06. The van der Waals surface area contributed by atoms with Gasteiger partial charge in [0.05, 0.1) is 6.20 Å². The predicted octanol–water partition coefficient (Wildman–Crippen LogP) is 0.982. The molecular formula is C17H24ClN7O. The van der Waals surface area contributed by atoms with Gasteiger partial charge in [0.25, 0.3) is 5.56 Å². The van der Waals surface area contributed by atoms with Crippen molar-refractivity contribution in [1.29, 1.82) is 0 Å². The molecular weight excluding hydrogens is 354 g/mol. The van der Waals surface area contributed by atoms with Crippen LogP contribution in [0.4, 0.5) is 5.95 Å². The van der Waals surface area contributed by atoms with E-state index in [0.717, 1.165) is 38.8 Å². The Morgan fingerprint density at radius 3 is 2.58 bits per heavy atom. The van der Waals surface area contributed by atoms with Gasteiger partial charge in [-0.25, -0.2) is 4.98 Å². The molecule has 0 atom stereocenters. The van der Waals surface area contributed by atoms with Crippen molar-refractivity contribution in [2.45, 2.75) is 38.3 Å². The van der Waals surface area contributed by atoms with E-state index in [2.05, 4.69) is 24.8 Å². The van der Waals surface area contributed by atoms with Crippen LogP contribution in [0.5, 0.6) is 0 Å². The number of nitrogens with two attached hydrogens (primary N) is 1. The maximum atomic E-state index is 12.3. The van der Waals surface area contributed by atoms with E-state index in [9.17, 15) is 4.79 Å². The molecule has 140 valence electrons. The minimum absolute atomic E-state index is 0.0498. The topological polar surface area (TPSA) is 93.2 Å². The quantitative estimate of drug-likeness (QED) is 0.794. The van der Waals surface area contributed by atoms with Crippen molar-refractivity contribution in [3.05, 3.63) is 21.7 Å². The highest BCUT2D eigenvalue weighted by Gasteiger charge is 2.26. The van der Waals surface area contributed by atoms with Gasteiger partial charge in [0.15, 0.2) is 10.8 Å². The number of halogens is 1. The molecule has 0 spiro atoms. The largest absolute Gasteiger partial charge is 0.368 e. The van der Waals surface area contributed by atoms with Crippen molar-refractivity contribution >= 4 is 28.7 Å².